The van der Waals surface area contributed by atoms with E-state index in [0.717, 1.165) is 60.3 Å². The van der Waals surface area contributed by atoms with E-state index in [1.165, 1.54) is 10.5 Å². The lowest BCUT2D eigenvalue weighted by atomic mass is 9.99. The molecule has 1 aromatic heterocycles. The molecule has 176 valence electrons. The molecule has 1 N–H and O–H groups in total. The average molecular weight is 457 g/mol. The van der Waals surface area contributed by atoms with Crippen molar-refractivity contribution in [3.63, 3.8) is 0 Å². The van der Waals surface area contributed by atoms with Gasteiger partial charge in [0.2, 0.25) is 0 Å². The number of para-hydroxylation sites is 1. The summed E-state index contributed by atoms with van der Waals surface area (Å²) in [5, 5.41) is 1.14. The Balaban J connectivity index is 1.46. The van der Waals surface area contributed by atoms with Gasteiger partial charge in [0.05, 0.1) is 5.57 Å². The fourth-order valence-corrected chi connectivity index (χ4v) is 5.08. The summed E-state index contributed by atoms with van der Waals surface area (Å²) in [5.74, 6) is -0.343. The highest BCUT2D eigenvalue weighted by molar-refractivity contribution is 6.35. The lowest BCUT2D eigenvalue weighted by Crippen LogP contribution is -2.47. The van der Waals surface area contributed by atoms with Crippen molar-refractivity contribution < 1.29 is 9.59 Å². The predicted molar refractivity (Wildman–Crippen MR) is 135 cm³/mol. The maximum absolute atomic E-state index is 13.7. The van der Waals surface area contributed by atoms with Crippen LogP contribution in [0.1, 0.15) is 29.2 Å². The van der Waals surface area contributed by atoms with Crippen molar-refractivity contribution in [1.82, 2.24) is 19.7 Å². The minimum Gasteiger partial charge on any atom is -0.364 e. The topological polar surface area (TPSA) is 59.6 Å². The molecule has 34 heavy (non-hydrogen) atoms. The van der Waals surface area contributed by atoms with E-state index >= 15 is 0 Å². The average Bonchev–Trinajstić information content (AvgIpc) is 3.37. The van der Waals surface area contributed by atoms with Crippen LogP contribution in [0.2, 0.25) is 0 Å². The summed E-state index contributed by atoms with van der Waals surface area (Å²) < 4.78 is 0. The molecule has 0 aliphatic carbocycles. The van der Waals surface area contributed by atoms with Crippen LogP contribution in [0.4, 0.5) is 0 Å². The first-order valence-electron chi connectivity index (χ1n) is 12.2. The van der Waals surface area contributed by atoms with Gasteiger partial charge in [-0.3, -0.25) is 14.5 Å². The summed E-state index contributed by atoms with van der Waals surface area (Å²) in [6.07, 6.45) is 2.61. The van der Waals surface area contributed by atoms with Gasteiger partial charge >= 0.3 is 0 Å². The summed E-state index contributed by atoms with van der Waals surface area (Å²) in [6, 6.07) is 14.2. The number of aryl methyl sites for hydroxylation is 2. The Morgan fingerprint density at radius 2 is 1.68 bits per heavy atom. The highest BCUT2D eigenvalue weighted by Crippen LogP contribution is 2.33. The van der Waals surface area contributed by atoms with Crippen LogP contribution in [0.25, 0.3) is 16.5 Å². The molecule has 6 heteroatoms. The van der Waals surface area contributed by atoms with Gasteiger partial charge in [0, 0.05) is 49.8 Å². The standard InChI is InChI=1S/C28H32N4O2/c1-4-30-13-15-31(16-14-30)26-25(21-10-9-19(2)20(3)17-21)27(33)32(28(26)34)12-11-22-18-29-24-8-6-5-7-23(22)24/h5-10,17-18,29H,4,11-16H2,1-3H3. The highest BCUT2D eigenvalue weighted by Gasteiger charge is 2.42. The van der Waals surface area contributed by atoms with Gasteiger partial charge in [0.25, 0.3) is 11.8 Å². The number of aromatic nitrogens is 1. The molecule has 2 aliphatic heterocycles. The van der Waals surface area contributed by atoms with Gasteiger partial charge in [-0.25, -0.2) is 0 Å². The summed E-state index contributed by atoms with van der Waals surface area (Å²) in [6.45, 7) is 11.0. The molecule has 3 aromatic rings. The number of likely N-dealkylation sites (N-methyl/N-ethyl adjacent to an activating group) is 1. The van der Waals surface area contributed by atoms with Crippen LogP contribution >= 0.6 is 0 Å². The zero-order valence-electron chi connectivity index (χ0n) is 20.2. The molecule has 0 radical (unpaired) electrons. The molecular formula is C28H32N4O2. The summed E-state index contributed by atoms with van der Waals surface area (Å²) in [7, 11) is 0. The first-order valence-corrected chi connectivity index (χ1v) is 12.2. The third-order valence-corrected chi connectivity index (χ3v) is 7.35. The Bertz CT molecular complexity index is 1280. The van der Waals surface area contributed by atoms with Gasteiger partial charge in [0.15, 0.2) is 0 Å². The molecule has 0 spiro atoms. The number of rotatable bonds is 6. The maximum Gasteiger partial charge on any atom is 0.277 e. The molecule has 3 heterocycles. The van der Waals surface area contributed by atoms with Crippen LogP contribution in [-0.4, -0.2) is 70.8 Å². The van der Waals surface area contributed by atoms with Crippen LogP contribution in [-0.2, 0) is 16.0 Å². The van der Waals surface area contributed by atoms with Crippen molar-refractivity contribution in [1.29, 1.82) is 0 Å². The van der Waals surface area contributed by atoms with E-state index in [9.17, 15) is 9.59 Å². The van der Waals surface area contributed by atoms with Crippen molar-refractivity contribution in [2.75, 3.05) is 39.3 Å². The largest absolute Gasteiger partial charge is 0.364 e. The summed E-state index contributed by atoms with van der Waals surface area (Å²) in [4.78, 5) is 36.7. The van der Waals surface area contributed by atoms with Gasteiger partial charge in [-0.15, -0.1) is 0 Å². The fourth-order valence-electron chi connectivity index (χ4n) is 5.08. The Kier molecular flexibility index (Phi) is 6.00. The van der Waals surface area contributed by atoms with Crippen LogP contribution in [0.3, 0.4) is 0 Å². The molecular weight excluding hydrogens is 424 g/mol. The number of imide groups is 1. The summed E-state index contributed by atoms with van der Waals surface area (Å²) in [5.41, 5.74) is 6.45. The molecule has 0 atom stereocenters. The Labute approximate surface area is 200 Å². The molecule has 1 saturated heterocycles. The zero-order chi connectivity index (χ0) is 23.8. The number of piperazine rings is 1. The highest BCUT2D eigenvalue weighted by atomic mass is 16.2. The number of nitrogens with zero attached hydrogens (tertiary/aromatic N) is 3. The third-order valence-electron chi connectivity index (χ3n) is 7.35. The molecule has 2 aliphatic rings. The fraction of sp³-hybridized carbons (Fsp3) is 0.357. The second-order valence-electron chi connectivity index (χ2n) is 9.32. The number of fused-ring (bicyclic) bond motifs is 1. The number of carbonyl (C=O) groups is 2. The maximum atomic E-state index is 13.7. The number of benzene rings is 2. The van der Waals surface area contributed by atoms with E-state index in [1.54, 1.807) is 0 Å². The Morgan fingerprint density at radius 3 is 2.41 bits per heavy atom. The molecule has 2 amide bonds. The number of H-pyrrole nitrogens is 1. The van der Waals surface area contributed by atoms with E-state index in [1.807, 2.05) is 42.6 Å². The molecule has 6 nitrogen and oxygen atoms in total. The van der Waals surface area contributed by atoms with Crippen LogP contribution in [0, 0.1) is 13.8 Å². The Morgan fingerprint density at radius 1 is 0.912 bits per heavy atom. The molecule has 5 rings (SSSR count). The minimum absolute atomic E-state index is 0.164. The number of nitrogens with one attached hydrogen (secondary N) is 1. The normalized spacial score (nSPS) is 17.5. The molecule has 2 aromatic carbocycles. The molecule has 0 bridgehead atoms. The number of hydrogen-bond acceptors (Lipinski definition) is 4. The molecule has 0 saturated carbocycles. The van der Waals surface area contributed by atoms with Crippen LogP contribution in [0.15, 0.2) is 54.4 Å². The number of carbonyl (C=O) groups excluding carboxylic acids is 2. The monoisotopic (exact) mass is 456 g/mol. The van der Waals surface area contributed by atoms with Crippen molar-refractivity contribution in [3.05, 3.63) is 76.6 Å². The van der Waals surface area contributed by atoms with E-state index in [2.05, 4.69) is 41.6 Å². The lowest BCUT2D eigenvalue weighted by Gasteiger charge is -2.36. The van der Waals surface area contributed by atoms with Crippen molar-refractivity contribution in [3.8, 4) is 0 Å². The molecule has 0 unspecified atom stereocenters. The second kappa shape index (κ2) is 9.11. The second-order valence-corrected chi connectivity index (χ2v) is 9.32. The van der Waals surface area contributed by atoms with E-state index < -0.39 is 0 Å². The summed E-state index contributed by atoms with van der Waals surface area (Å²) >= 11 is 0. The number of aromatic amines is 1. The zero-order valence-corrected chi connectivity index (χ0v) is 20.2. The van der Waals surface area contributed by atoms with Crippen LogP contribution in [0.5, 0.6) is 0 Å². The predicted octanol–water partition coefficient (Wildman–Crippen LogP) is 3.74. The van der Waals surface area contributed by atoms with Crippen molar-refractivity contribution >= 4 is 28.3 Å². The Hall–Kier alpha value is -3.38. The van der Waals surface area contributed by atoms with E-state index in [-0.39, 0.29) is 11.8 Å². The third kappa shape index (κ3) is 3.92. The quantitative estimate of drug-likeness (QED) is 0.574. The SMILES string of the molecule is CCN1CCN(C2=C(c3ccc(C)c(C)c3)C(=O)N(CCc3c[nH]c4ccccc34)C2=O)CC1. The lowest BCUT2D eigenvalue weighted by molar-refractivity contribution is -0.137. The van der Waals surface area contributed by atoms with Gasteiger partial charge in [-0.05, 0) is 55.1 Å². The van der Waals surface area contributed by atoms with Gasteiger partial charge in [0.1, 0.15) is 5.70 Å². The van der Waals surface area contributed by atoms with Gasteiger partial charge < -0.3 is 14.8 Å². The minimum atomic E-state index is -0.180. The van der Waals surface area contributed by atoms with Crippen molar-refractivity contribution in [2.45, 2.75) is 27.2 Å². The van der Waals surface area contributed by atoms with E-state index in [0.29, 0.717) is 24.2 Å². The first kappa shape index (κ1) is 22.4. The van der Waals surface area contributed by atoms with Gasteiger partial charge in [-0.1, -0.05) is 43.3 Å². The number of amides is 2. The van der Waals surface area contributed by atoms with Crippen LogP contribution < -0.4 is 0 Å². The van der Waals surface area contributed by atoms with Gasteiger partial charge in [-0.2, -0.15) is 0 Å². The molecule has 1 fully saturated rings. The van der Waals surface area contributed by atoms with Crippen molar-refractivity contribution in [2.24, 2.45) is 0 Å². The number of hydrogen-bond donors (Lipinski definition) is 1. The first-order chi connectivity index (χ1) is 16.5. The smallest absolute Gasteiger partial charge is 0.277 e. The van der Waals surface area contributed by atoms with E-state index in [4.69, 9.17) is 0 Å².